The van der Waals surface area contributed by atoms with Crippen LogP contribution in [0.5, 0.6) is 0 Å². The Balaban J connectivity index is 2.11. The summed E-state index contributed by atoms with van der Waals surface area (Å²) in [5, 5.41) is 9.65. The van der Waals surface area contributed by atoms with Gasteiger partial charge in [-0.05, 0) is 26.2 Å². The Morgan fingerprint density at radius 3 is 2.53 bits per heavy atom. The first kappa shape index (κ1) is 14.7. The van der Waals surface area contributed by atoms with Gasteiger partial charge in [-0.25, -0.2) is 0 Å². The van der Waals surface area contributed by atoms with Crippen LogP contribution in [0.3, 0.4) is 0 Å². The molecule has 1 amide bonds. The summed E-state index contributed by atoms with van der Waals surface area (Å²) in [6, 6.07) is 0. The Bertz CT molecular complexity index is 364. The molecule has 0 radical (unpaired) electrons. The van der Waals surface area contributed by atoms with E-state index in [1.165, 1.54) is 0 Å². The lowest BCUT2D eigenvalue weighted by molar-refractivity contribution is -0.138. The number of aliphatic hydroxyl groups excluding tert-OH is 1. The van der Waals surface area contributed by atoms with Gasteiger partial charge in [0.05, 0.1) is 16.5 Å². The average molecular weight is 284 g/mol. The molecule has 1 heterocycles. The van der Waals surface area contributed by atoms with E-state index in [4.69, 9.17) is 18.0 Å². The highest BCUT2D eigenvalue weighted by Gasteiger charge is 2.46. The fourth-order valence-corrected chi connectivity index (χ4v) is 3.68. The van der Waals surface area contributed by atoms with Gasteiger partial charge in [0.2, 0.25) is 5.91 Å². The van der Waals surface area contributed by atoms with Crippen LogP contribution < -0.4 is 5.73 Å². The van der Waals surface area contributed by atoms with Gasteiger partial charge in [-0.1, -0.05) is 31.5 Å². The smallest absolute Gasteiger partial charge is 0.235 e. The Kier molecular flexibility index (Phi) is 4.46. The van der Waals surface area contributed by atoms with Crippen LogP contribution in [0, 0.1) is 11.3 Å². The van der Waals surface area contributed by atoms with Crippen LogP contribution in [0.15, 0.2) is 0 Å². The molecular weight excluding hydrogens is 260 g/mol. The zero-order chi connectivity index (χ0) is 14.0. The second-order valence-corrected chi connectivity index (χ2v) is 6.49. The van der Waals surface area contributed by atoms with Crippen molar-refractivity contribution in [1.82, 2.24) is 4.90 Å². The fraction of sp³-hybridized carbons (Fsp3) is 0.857. The SMILES string of the molecule is CC(O)C1CCN(C(=O)C2(C(N)=S)CCCCC2)C1. The standard InChI is InChI=1S/C14H24N2O2S/c1-10(17)11-5-8-16(9-11)13(18)14(12(15)19)6-3-2-4-7-14/h10-11,17H,2-9H2,1H3,(H2,15,19). The number of carbonyl (C=O) groups is 1. The summed E-state index contributed by atoms with van der Waals surface area (Å²) >= 11 is 5.20. The third-order valence-corrected chi connectivity index (χ3v) is 5.17. The number of hydrogen-bond donors (Lipinski definition) is 2. The summed E-state index contributed by atoms with van der Waals surface area (Å²) in [5.74, 6) is 0.291. The number of nitrogens with zero attached hydrogens (tertiary/aromatic N) is 1. The number of amides is 1. The number of rotatable bonds is 3. The molecule has 3 N–H and O–H groups in total. The van der Waals surface area contributed by atoms with Gasteiger partial charge in [-0.15, -0.1) is 0 Å². The van der Waals surface area contributed by atoms with Crippen molar-refractivity contribution in [3.63, 3.8) is 0 Å². The summed E-state index contributed by atoms with van der Waals surface area (Å²) in [4.78, 5) is 15.0. The highest BCUT2D eigenvalue weighted by atomic mass is 32.1. The molecule has 1 aliphatic heterocycles. The quantitative estimate of drug-likeness (QED) is 0.770. The highest BCUT2D eigenvalue weighted by molar-refractivity contribution is 7.80. The Morgan fingerprint density at radius 1 is 1.42 bits per heavy atom. The van der Waals surface area contributed by atoms with Crippen LogP contribution in [-0.2, 0) is 4.79 Å². The van der Waals surface area contributed by atoms with Gasteiger partial charge in [0.25, 0.3) is 0 Å². The molecule has 1 saturated carbocycles. The van der Waals surface area contributed by atoms with E-state index in [1.807, 2.05) is 4.90 Å². The monoisotopic (exact) mass is 284 g/mol. The molecular formula is C14H24N2O2S. The van der Waals surface area contributed by atoms with Crippen LogP contribution in [0.2, 0.25) is 0 Å². The second-order valence-electron chi connectivity index (χ2n) is 6.05. The number of thiocarbonyl (C=S) groups is 1. The average Bonchev–Trinajstić information content (AvgIpc) is 2.88. The summed E-state index contributed by atoms with van der Waals surface area (Å²) in [7, 11) is 0. The predicted octanol–water partition coefficient (Wildman–Crippen LogP) is 1.45. The molecule has 1 aliphatic carbocycles. The maximum atomic E-state index is 12.8. The first-order valence-electron chi connectivity index (χ1n) is 7.25. The van der Waals surface area contributed by atoms with Crippen molar-refractivity contribution in [2.24, 2.45) is 17.1 Å². The van der Waals surface area contributed by atoms with Crippen LogP contribution in [-0.4, -0.2) is 40.1 Å². The van der Waals surface area contributed by atoms with Crippen molar-refractivity contribution in [2.75, 3.05) is 13.1 Å². The summed E-state index contributed by atoms with van der Waals surface area (Å²) < 4.78 is 0. The first-order valence-corrected chi connectivity index (χ1v) is 7.65. The molecule has 1 saturated heterocycles. The van der Waals surface area contributed by atoms with Crippen LogP contribution in [0.25, 0.3) is 0 Å². The number of likely N-dealkylation sites (tertiary alicyclic amines) is 1. The van der Waals surface area contributed by atoms with Crippen LogP contribution >= 0.6 is 12.2 Å². The van der Waals surface area contributed by atoms with Crippen molar-refractivity contribution >= 4 is 23.1 Å². The van der Waals surface area contributed by atoms with E-state index in [0.717, 1.165) is 45.1 Å². The predicted molar refractivity (Wildman–Crippen MR) is 78.7 cm³/mol. The topological polar surface area (TPSA) is 66.6 Å². The number of carbonyl (C=O) groups excluding carboxylic acids is 1. The lowest BCUT2D eigenvalue weighted by atomic mass is 9.73. The van der Waals surface area contributed by atoms with E-state index in [0.29, 0.717) is 11.5 Å². The first-order chi connectivity index (χ1) is 8.97. The van der Waals surface area contributed by atoms with Gasteiger partial charge in [-0.3, -0.25) is 4.79 Å². The van der Waals surface area contributed by atoms with Crippen molar-refractivity contribution in [3.8, 4) is 0 Å². The van der Waals surface area contributed by atoms with E-state index < -0.39 is 5.41 Å². The summed E-state index contributed by atoms with van der Waals surface area (Å²) in [5.41, 5.74) is 5.29. The largest absolute Gasteiger partial charge is 0.393 e. The number of hydrogen-bond acceptors (Lipinski definition) is 3. The van der Waals surface area contributed by atoms with E-state index in [-0.39, 0.29) is 17.9 Å². The Morgan fingerprint density at radius 2 is 2.05 bits per heavy atom. The molecule has 0 aromatic carbocycles. The van der Waals surface area contributed by atoms with Gasteiger partial charge in [0.15, 0.2) is 0 Å². The third kappa shape index (κ3) is 2.77. The summed E-state index contributed by atoms with van der Waals surface area (Å²) in [6.45, 7) is 3.15. The van der Waals surface area contributed by atoms with Crippen LogP contribution in [0.4, 0.5) is 0 Å². The fourth-order valence-electron chi connectivity index (χ4n) is 3.39. The molecule has 108 valence electrons. The lowest BCUT2D eigenvalue weighted by Crippen LogP contribution is -2.51. The molecule has 0 bridgehead atoms. The molecule has 2 unspecified atom stereocenters. The minimum atomic E-state index is -0.610. The highest BCUT2D eigenvalue weighted by Crippen LogP contribution is 2.39. The maximum Gasteiger partial charge on any atom is 0.235 e. The van der Waals surface area contributed by atoms with Crippen molar-refractivity contribution in [3.05, 3.63) is 0 Å². The van der Waals surface area contributed by atoms with Gasteiger partial charge in [0, 0.05) is 19.0 Å². The maximum absolute atomic E-state index is 12.8. The van der Waals surface area contributed by atoms with Gasteiger partial charge < -0.3 is 15.7 Å². The number of aliphatic hydroxyl groups is 1. The van der Waals surface area contributed by atoms with Crippen molar-refractivity contribution < 1.29 is 9.90 Å². The summed E-state index contributed by atoms with van der Waals surface area (Å²) in [6.07, 6.45) is 5.30. The van der Waals surface area contributed by atoms with E-state index in [2.05, 4.69) is 0 Å². The Labute approximate surface area is 120 Å². The van der Waals surface area contributed by atoms with E-state index in [1.54, 1.807) is 6.92 Å². The molecule has 2 rings (SSSR count). The van der Waals surface area contributed by atoms with Gasteiger partial charge in [-0.2, -0.15) is 0 Å². The Hall–Kier alpha value is -0.680. The lowest BCUT2D eigenvalue weighted by Gasteiger charge is -2.38. The molecule has 0 aromatic rings. The van der Waals surface area contributed by atoms with E-state index in [9.17, 15) is 9.90 Å². The van der Waals surface area contributed by atoms with Crippen molar-refractivity contribution in [1.29, 1.82) is 0 Å². The molecule has 0 aromatic heterocycles. The molecule has 0 spiro atoms. The molecule has 2 atom stereocenters. The molecule has 5 heteroatoms. The molecule has 4 nitrogen and oxygen atoms in total. The minimum absolute atomic E-state index is 0.0999. The normalized spacial score (nSPS) is 28.1. The number of nitrogens with two attached hydrogens (primary N) is 1. The third-order valence-electron chi connectivity index (χ3n) is 4.78. The minimum Gasteiger partial charge on any atom is -0.393 e. The van der Waals surface area contributed by atoms with Crippen LogP contribution in [0.1, 0.15) is 45.4 Å². The molecule has 2 fully saturated rings. The molecule has 2 aliphatic rings. The zero-order valence-corrected chi connectivity index (χ0v) is 12.4. The van der Waals surface area contributed by atoms with Crippen molar-refractivity contribution in [2.45, 2.75) is 51.6 Å². The zero-order valence-electron chi connectivity index (χ0n) is 11.6. The molecule has 19 heavy (non-hydrogen) atoms. The second kappa shape index (κ2) is 5.75. The van der Waals surface area contributed by atoms with E-state index >= 15 is 0 Å². The van der Waals surface area contributed by atoms with Gasteiger partial charge >= 0.3 is 0 Å². The van der Waals surface area contributed by atoms with Gasteiger partial charge in [0.1, 0.15) is 0 Å².